The Morgan fingerprint density at radius 1 is 1.65 bits per heavy atom. The van der Waals surface area contributed by atoms with Gasteiger partial charge in [-0.1, -0.05) is 0 Å². The molecule has 1 unspecified atom stereocenters. The molecule has 1 aromatic rings. The Kier molecular flexibility index (Phi) is 3.84. The van der Waals surface area contributed by atoms with Crippen LogP contribution in [-0.4, -0.2) is 36.5 Å². The molecule has 0 radical (unpaired) electrons. The van der Waals surface area contributed by atoms with E-state index in [2.05, 4.69) is 5.32 Å². The number of carbonyl (C=O) groups is 1. The van der Waals surface area contributed by atoms with Crippen molar-refractivity contribution in [3.8, 4) is 0 Å². The molecular formula is C13H20N2O2. The highest BCUT2D eigenvalue weighted by Gasteiger charge is 2.22. The van der Waals surface area contributed by atoms with Crippen LogP contribution in [0.25, 0.3) is 0 Å². The van der Waals surface area contributed by atoms with Gasteiger partial charge in [0.2, 0.25) is 0 Å². The maximum atomic E-state index is 12.3. The molecule has 0 saturated carbocycles. The second-order valence-corrected chi connectivity index (χ2v) is 4.53. The molecule has 1 atom stereocenters. The molecule has 17 heavy (non-hydrogen) atoms. The number of aryl methyl sites for hydroxylation is 1. The van der Waals surface area contributed by atoms with Crippen LogP contribution in [0, 0.1) is 6.92 Å². The van der Waals surface area contributed by atoms with E-state index < -0.39 is 0 Å². The van der Waals surface area contributed by atoms with Crippen molar-refractivity contribution in [3.63, 3.8) is 0 Å². The number of furan rings is 1. The minimum atomic E-state index is 0.0763. The van der Waals surface area contributed by atoms with Gasteiger partial charge in [-0.3, -0.25) is 4.79 Å². The molecule has 2 heterocycles. The monoisotopic (exact) mass is 236 g/mol. The summed E-state index contributed by atoms with van der Waals surface area (Å²) in [6, 6.07) is 2.20. The summed E-state index contributed by atoms with van der Waals surface area (Å²) in [5.74, 6) is 0.778. The maximum absolute atomic E-state index is 12.3. The SMILES string of the molecule is CCN(CC1CCCN1)C(=O)c1ccoc1C. The first-order valence-electron chi connectivity index (χ1n) is 6.29. The summed E-state index contributed by atoms with van der Waals surface area (Å²) < 4.78 is 5.19. The molecule has 1 amide bonds. The summed E-state index contributed by atoms with van der Waals surface area (Å²) in [5.41, 5.74) is 0.685. The lowest BCUT2D eigenvalue weighted by molar-refractivity contribution is 0.0749. The standard InChI is InChI=1S/C13H20N2O2/c1-3-15(9-11-5-4-7-14-11)13(16)12-6-8-17-10(12)2/h6,8,11,14H,3-5,7,9H2,1-2H3. The largest absolute Gasteiger partial charge is 0.469 e. The van der Waals surface area contributed by atoms with Gasteiger partial charge in [-0.05, 0) is 39.3 Å². The van der Waals surface area contributed by atoms with Crippen LogP contribution >= 0.6 is 0 Å². The predicted molar refractivity (Wildman–Crippen MR) is 66.0 cm³/mol. The van der Waals surface area contributed by atoms with Gasteiger partial charge in [0.05, 0.1) is 11.8 Å². The van der Waals surface area contributed by atoms with E-state index in [0.29, 0.717) is 17.4 Å². The van der Waals surface area contributed by atoms with E-state index in [0.717, 1.165) is 26.1 Å². The maximum Gasteiger partial charge on any atom is 0.257 e. The number of hydrogen-bond donors (Lipinski definition) is 1. The predicted octanol–water partition coefficient (Wildman–Crippen LogP) is 1.80. The van der Waals surface area contributed by atoms with Crippen LogP contribution in [0.2, 0.25) is 0 Å². The minimum Gasteiger partial charge on any atom is -0.469 e. The molecule has 1 saturated heterocycles. The van der Waals surface area contributed by atoms with Crippen LogP contribution in [0.5, 0.6) is 0 Å². The highest BCUT2D eigenvalue weighted by molar-refractivity contribution is 5.95. The van der Waals surface area contributed by atoms with Crippen LogP contribution in [0.3, 0.4) is 0 Å². The molecule has 1 N–H and O–H groups in total. The van der Waals surface area contributed by atoms with Gasteiger partial charge in [0.25, 0.3) is 5.91 Å². The van der Waals surface area contributed by atoms with E-state index in [4.69, 9.17) is 4.42 Å². The lowest BCUT2D eigenvalue weighted by Gasteiger charge is -2.24. The number of rotatable bonds is 4. The van der Waals surface area contributed by atoms with Crippen molar-refractivity contribution in [2.24, 2.45) is 0 Å². The van der Waals surface area contributed by atoms with Crippen molar-refractivity contribution in [2.75, 3.05) is 19.6 Å². The van der Waals surface area contributed by atoms with Crippen molar-refractivity contribution >= 4 is 5.91 Å². The second-order valence-electron chi connectivity index (χ2n) is 4.53. The Balaban J connectivity index is 2.02. The van der Waals surface area contributed by atoms with Crippen LogP contribution in [0.15, 0.2) is 16.7 Å². The third-order valence-corrected chi connectivity index (χ3v) is 3.36. The van der Waals surface area contributed by atoms with E-state index in [1.165, 1.54) is 6.42 Å². The first-order valence-corrected chi connectivity index (χ1v) is 6.29. The van der Waals surface area contributed by atoms with Crippen molar-refractivity contribution in [1.82, 2.24) is 10.2 Å². The summed E-state index contributed by atoms with van der Waals surface area (Å²) in [6.45, 7) is 6.44. The van der Waals surface area contributed by atoms with Crippen molar-refractivity contribution in [1.29, 1.82) is 0 Å². The van der Waals surface area contributed by atoms with Gasteiger partial charge >= 0.3 is 0 Å². The van der Waals surface area contributed by atoms with Crippen LogP contribution in [0.4, 0.5) is 0 Å². The van der Waals surface area contributed by atoms with Gasteiger partial charge in [0.15, 0.2) is 0 Å². The van der Waals surface area contributed by atoms with Gasteiger partial charge in [-0.25, -0.2) is 0 Å². The summed E-state index contributed by atoms with van der Waals surface area (Å²) in [4.78, 5) is 14.2. The highest BCUT2D eigenvalue weighted by atomic mass is 16.3. The fraction of sp³-hybridized carbons (Fsp3) is 0.615. The van der Waals surface area contributed by atoms with E-state index in [-0.39, 0.29) is 5.91 Å². The molecule has 4 heteroatoms. The molecule has 94 valence electrons. The number of nitrogens with one attached hydrogen (secondary N) is 1. The van der Waals surface area contributed by atoms with E-state index in [9.17, 15) is 4.79 Å². The first-order chi connectivity index (χ1) is 8.22. The Hall–Kier alpha value is -1.29. The molecule has 0 aliphatic carbocycles. The lowest BCUT2D eigenvalue weighted by Crippen LogP contribution is -2.41. The second kappa shape index (κ2) is 5.36. The normalized spacial score (nSPS) is 19.5. The van der Waals surface area contributed by atoms with Gasteiger partial charge in [0.1, 0.15) is 5.76 Å². The van der Waals surface area contributed by atoms with Crippen LogP contribution in [-0.2, 0) is 0 Å². The summed E-state index contributed by atoms with van der Waals surface area (Å²) in [6.07, 6.45) is 3.94. The summed E-state index contributed by atoms with van der Waals surface area (Å²) in [5, 5.41) is 3.42. The fourth-order valence-electron chi connectivity index (χ4n) is 2.31. The molecule has 4 nitrogen and oxygen atoms in total. The molecule has 0 spiro atoms. The van der Waals surface area contributed by atoms with Gasteiger partial charge < -0.3 is 14.6 Å². The number of nitrogens with zero attached hydrogens (tertiary/aromatic N) is 1. The third-order valence-electron chi connectivity index (χ3n) is 3.36. The van der Waals surface area contributed by atoms with Gasteiger partial charge in [-0.2, -0.15) is 0 Å². The Morgan fingerprint density at radius 3 is 3.00 bits per heavy atom. The number of carbonyl (C=O) groups excluding carboxylic acids is 1. The molecule has 0 aromatic carbocycles. The Labute approximate surface area is 102 Å². The zero-order valence-corrected chi connectivity index (χ0v) is 10.5. The zero-order valence-electron chi connectivity index (χ0n) is 10.5. The molecule has 1 aliphatic rings. The molecule has 2 rings (SSSR count). The van der Waals surface area contributed by atoms with Gasteiger partial charge in [-0.15, -0.1) is 0 Å². The molecular weight excluding hydrogens is 216 g/mol. The Morgan fingerprint density at radius 2 is 2.47 bits per heavy atom. The third kappa shape index (κ3) is 2.69. The lowest BCUT2D eigenvalue weighted by atomic mass is 10.2. The average molecular weight is 236 g/mol. The molecule has 0 bridgehead atoms. The number of hydrogen-bond acceptors (Lipinski definition) is 3. The Bertz CT molecular complexity index is 381. The molecule has 1 aliphatic heterocycles. The zero-order chi connectivity index (χ0) is 12.3. The van der Waals surface area contributed by atoms with Crippen LogP contribution in [0.1, 0.15) is 35.9 Å². The van der Waals surface area contributed by atoms with Gasteiger partial charge in [0, 0.05) is 19.1 Å². The number of amides is 1. The highest BCUT2D eigenvalue weighted by Crippen LogP contribution is 2.14. The summed E-state index contributed by atoms with van der Waals surface area (Å²) >= 11 is 0. The van der Waals surface area contributed by atoms with Crippen molar-refractivity contribution < 1.29 is 9.21 Å². The fourth-order valence-corrected chi connectivity index (χ4v) is 2.31. The average Bonchev–Trinajstić information content (AvgIpc) is 2.96. The molecule has 1 aromatic heterocycles. The smallest absolute Gasteiger partial charge is 0.257 e. The van der Waals surface area contributed by atoms with E-state index in [1.807, 2.05) is 18.7 Å². The van der Waals surface area contributed by atoms with E-state index >= 15 is 0 Å². The summed E-state index contributed by atoms with van der Waals surface area (Å²) in [7, 11) is 0. The van der Waals surface area contributed by atoms with Crippen molar-refractivity contribution in [3.05, 3.63) is 23.7 Å². The van der Waals surface area contributed by atoms with Crippen molar-refractivity contribution in [2.45, 2.75) is 32.7 Å². The topological polar surface area (TPSA) is 45.5 Å². The minimum absolute atomic E-state index is 0.0763. The molecule has 1 fully saturated rings. The number of likely N-dealkylation sites (N-methyl/N-ethyl adjacent to an activating group) is 1. The van der Waals surface area contributed by atoms with E-state index in [1.54, 1.807) is 12.3 Å². The first kappa shape index (κ1) is 12.2. The van der Waals surface area contributed by atoms with Crippen LogP contribution < -0.4 is 5.32 Å². The quantitative estimate of drug-likeness (QED) is 0.867.